The minimum atomic E-state index is -1.08. The van der Waals surface area contributed by atoms with E-state index in [9.17, 15) is 4.79 Å². The van der Waals surface area contributed by atoms with Crippen LogP contribution in [0.1, 0.15) is 54.4 Å². The number of carbonyl (C=O) groups is 1. The Hall–Kier alpha value is -0.450. The molecule has 4 heteroatoms. The molecule has 4 nitrogen and oxygen atoms in total. The van der Waals surface area contributed by atoms with E-state index in [4.69, 9.17) is 14.2 Å². The topological polar surface area (TPSA) is 44.8 Å². The molecule has 0 amide bonds. The van der Waals surface area contributed by atoms with Crippen molar-refractivity contribution in [3.63, 3.8) is 0 Å². The lowest BCUT2D eigenvalue weighted by atomic mass is 10.2. The van der Waals surface area contributed by atoms with Crippen molar-refractivity contribution in [2.45, 2.75) is 60.4 Å². The van der Waals surface area contributed by atoms with Gasteiger partial charge in [0.1, 0.15) is 6.29 Å². The number of rotatable bonds is 12. The van der Waals surface area contributed by atoms with Gasteiger partial charge in [-0.15, -0.1) is 0 Å². The Morgan fingerprint density at radius 2 is 1.15 bits per heavy atom. The van der Waals surface area contributed by atoms with Crippen molar-refractivity contribution in [2.24, 2.45) is 17.8 Å². The van der Waals surface area contributed by atoms with Gasteiger partial charge in [-0.3, -0.25) is 0 Å². The quantitative estimate of drug-likeness (QED) is 0.406. The van der Waals surface area contributed by atoms with Crippen molar-refractivity contribution < 1.29 is 19.0 Å². The molecule has 0 heterocycles. The van der Waals surface area contributed by atoms with Crippen molar-refractivity contribution in [1.82, 2.24) is 0 Å². The predicted octanol–water partition coefficient (Wildman–Crippen LogP) is 3.64. The van der Waals surface area contributed by atoms with E-state index in [1.54, 1.807) is 0 Å². The summed E-state index contributed by atoms with van der Waals surface area (Å²) in [7, 11) is 0. The van der Waals surface area contributed by atoms with Gasteiger partial charge in [0, 0.05) is 12.8 Å². The van der Waals surface area contributed by atoms with Crippen molar-refractivity contribution in [3.8, 4) is 0 Å². The maximum atomic E-state index is 10.7. The molecular weight excluding hydrogens is 256 g/mol. The third-order valence-corrected chi connectivity index (χ3v) is 2.48. The summed E-state index contributed by atoms with van der Waals surface area (Å²) in [5.41, 5.74) is 0. The van der Waals surface area contributed by atoms with Crippen LogP contribution in [-0.2, 0) is 19.0 Å². The zero-order chi connectivity index (χ0) is 15.6. The first-order chi connectivity index (χ1) is 9.31. The largest absolute Gasteiger partial charge is 0.327 e. The Morgan fingerprint density at radius 1 is 0.800 bits per heavy atom. The van der Waals surface area contributed by atoms with E-state index in [0.29, 0.717) is 50.4 Å². The van der Waals surface area contributed by atoms with Gasteiger partial charge < -0.3 is 19.0 Å². The van der Waals surface area contributed by atoms with Crippen LogP contribution in [0, 0.1) is 17.8 Å². The van der Waals surface area contributed by atoms with Crippen molar-refractivity contribution >= 4 is 6.29 Å². The monoisotopic (exact) mass is 288 g/mol. The number of hydrogen-bond acceptors (Lipinski definition) is 4. The van der Waals surface area contributed by atoms with Gasteiger partial charge >= 0.3 is 0 Å². The molecule has 0 rings (SSSR count). The van der Waals surface area contributed by atoms with E-state index in [-0.39, 0.29) is 0 Å². The fraction of sp³-hybridized carbons (Fsp3) is 0.938. The third kappa shape index (κ3) is 9.45. The highest BCUT2D eigenvalue weighted by molar-refractivity contribution is 5.49. The Labute approximate surface area is 124 Å². The molecule has 0 N–H and O–H groups in total. The summed E-state index contributed by atoms with van der Waals surface area (Å²) in [6.07, 6.45) is 1.68. The molecule has 0 atom stereocenters. The molecule has 0 fully saturated rings. The highest BCUT2D eigenvalue weighted by Crippen LogP contribution is 2.24. The fourth-order valence-corrected chi connectivity index (χ4v) is 1.46. The van der Waals surface area contributed by atoms with Gasteiger partial charge in [-0.1, -0.05) is 41.5 Å². The number of ether oxygens (including phenoxy) is 3. The van der Waals surface area contributed by atoms with E-state index >= 15 is 0 Å². The maximum absolute atomic E-state index is 10.7. The van der Waals surface area contributed by atoms with Gasteiger partial charge in [0.15, 0.2) is 0 Å². The van der Waals surface area contributed by atoms with Gasteiger partial charge in [0.2, 0.25) is 0 Å². The normalized spacial score (nSPS) is 12.7. The van der Waals surface area contributed by atoms with Crippen LogP contribution in [0.2, 0.25) is 0 Å². The lowest BCUT2D eigenvalue weighted by Crippen LogP contribution is -2.42. The van der Waals surface area contributed by atoms with Crippen LogP contribution in [0.25, 0.3) is 0 Å². The molecule has 0 aromatic rings. The Morgan fingerprint density at radius 3 is 1.40 bits per heavy atom. The van der Waals surface area contributed by atoms with Crippen LogP contribution in [0.4, 0.5) is 0 Å². The van der Waals surface area contributed by atoms with Crippen LogP contribution in [-0.4, -0.2) is 32.1 Å². The van der Waals surface area contributed by atoms with Gasteiger partial charge in [-0.25, -0.2) is 0 Å². The molecule has 120 valence electrons. The van der Waals surface area contributed by atoms with Crippen LogP contribution in [0.15, 0.2) is 0 Å². The summed E-state index contributed by atoms with van der Waals surface area (Å²) < 4.78 is 17.7. The number of hydrogen-bond donors (Lipinski definition) is 0. The summed E-state index contributed by atoms with van der Waals surface area (Å²) >= 11 is 0. The lowest BCUT2D eigenvalue weighted by molar-refractivity contribution is -0.389. The van der Waals surface area contributed by atoms with Crippen molar-refractivity contribution in [2.75, 3.05) is 19.8 Å². The molecule has 0 radical (unpaired) electrons. The van der Waals surface area contributed by atoms with Gasteiger partial charge in [0.05, 0.1) is 19.8 Å². The summed E-state index contributed by atoms with van der Waals surface area (Å²) in [5.74, 6) is 0.0717. The van der Waals surface area contributed by atoms with E-state index in [1.807, 2.05) is 0 Å². The molecule has 0 unspecified atom stereocenters. The van der Waals surface area contributed by atoms with Crippen LogP contribution in [0.3, 0.4) is 0 Å². The fourth-order valence-electron chi connectivity index (χ4n) is 1.46. The molecule has 0 saturated heterocycles. The highest BCUT2D eigenvalue weighted by atomic mass is 16.9. The van der Waals surface area contributed by atoms with E-state index in [1.165, 1.54) is 0 Å². The summed E-state index contributed by atoms with van der Waals surface area (Å²) in [4.78, 5) is 10.7. The summed E-state index contributed by atoms with van der Waals surface area (Å²) in [6, 6.07) is 0. The molecule has 20 heavy (non-hydrogen) atoms. The van der Waals surface area contributed by atoms with Gasteiger partial charge in [-0.05, 0) is 17.8 Å². The molecule has 0 spiro atoms. The van der Waals surface area contributed by atoms with Crippen molar-refractivity contribution in [1.29, 1.82) is 0 Å². The third-order valence-electron chi connectivity index (χ3n) is 2.48. The summed E-state index contributed by atoms with van der Waals surface area (Å²) in [5, 5.41) is 0. The van der Waals surface area contributed by atoms with E-state index in [2.05, 4.69) is 41.5 Å². The SMILES string of the molecule is CC(C)COC(CCC=O)(OCC(C)C)OCC(C)C. The minimum absolute atomic E-state index is 0.369. The maximum Gasteiger partial charge on any atom is 0.283 e. The van der Waals surface area contributed by atoms with Crippen LogP contribution < -0.4 is 0 Å². The molecule has 0 aliphatic heterocycles. The molecular formula is C16H32O4. The summed E-state index contributed by atoms with van der Waals surface area (Å²) in [6.45, 7) is 14.1. The van der Waals surface area contributed by atoms with E-state index in [0.717, 1.165) is 6.29 Å². The number of aldehydes is 1. The Kier molecular flexibility index (Phi) is 10.1. The first kappa shape index (κ1) is 19.6. The van der Waals surface area contributed by atoms with Crippen LogP contribution in [0.5, 0.6) is 0 Å². The second-order valence-electron chi connectivity index (χ2n) is 6.50. The number of carbonyl (C=O) groups excluding carboxylic acids is 1. The average molecular weight is 288 g/mol. The Balaban J connectivity index is 4.78. The zero-order valence-corrected chi connectivity index (χ0v) is 14.0. The highest BCUT2D eigenvalue weighted by Gasteiger charge is 2.34. The first-order valence-electron chi connectivity index (χ1n) is 7.66. The van der Waals surface area contributed by atoms with Crippen molar-refractivity contribution in [3.05, 3.63) is 0 Å². The molecule has 0 aliphatic carbocycles. The Bertz CT molecular complexity index is 218. The zero-order valence-electron chi connectivity index (χ0n) is 14.0. The average Bonchev–Trinajstić information content (AvgIpc) is 2.36. The minimum Gasteiger partial charge on any atom is -0.327 e. The second kappa shape index (κ2) is 10.3. The molecule has 0 aliphatic rings. The molecule has 0 aromatic heterocycles. The smallest absolute Gasteiger partial charge is 0.283 e. The standard InChI is InChI=1S/C16H32O4/c1-13(2)10-18-16(8-7-9-17,19-11-14(3)4)20-12-15(5)6/h9,13-15H,7-8,10-12H2,1-6H3. The molecule has 0 aromatic carbocycles. The van der Waals surface area contributed by atoms with Crippen LogP contribution >= 0.6 is 0 Å². The molecule has 0 saturated carbocycles. The van der Waals surface area contributed by atoms with Gasteiger partial charge in [-0.2, -0.15) is 0 Å². The van der Waals surface area contributed by atoms with E-state index < -0.39 is 5.97 Å². The predicted molar refractivity (Wildman–Crippen MR) is 80.4 cm³/mol. The first-order valence-corrected chi connectivity index (χ1v) is 7.66. The lowest BCUT2D eigenvalue weighted by Gasteiger charge is -2.35. The second-order valence-corrected chi connectivity index (χ2v) is 6.50. The molecule has 0 bridgehead atoms. The van der Waals surface area contributed by atoms with Gasteiger partial charge in [0.25, 0.3) is 5.97 Å².